The van der Waals surface area contributed by atoms with Crippen molar-refractivity contribution < 1.29 is 19.1 Å². The number of aromatic nitrogens is 2. The molecule has 8 nitrogen and oxygen atoms in total. The molecule has 0 atom stereocenters. The summed E-state index contributed by atoms with van der Waals surface area (Å²) in [5, 5.41) is 8.00. The second-order valence-electron chi connectivity index (χ2n) is 10.2. The summed E-state index contributed by atoms with van der Waals surface area (Å²) in [6, 6.07) is 30.1. The zero-order valence-electron chi connectivity index (χ0n) is 25.2. The number of carbonyl (C=O) groups is 2. The molecule has 0 unspecified atom stereocenters. The van der Waals surface area contributed by atoms with Gasteiger partial charge in [0.05, 0.1) is 25.3 Å². The van der Waals surface area contributed by atoms with Gasteiger partial charge in [-0.15, -0.1) is 0 Å². The fourth-order valence-corrected chi connectivity index (χ4v) is 7.24. The molecule has 0 saturated heterocycles. The third-order valence-electron chi connectivity index (χ3n) is 7.45. The summed E-state index contributed by atoms with van der Waals surface area (Å²) in [7, 11) is 6.41. The lowest BCUT2D eigenvalue weighted by Crippen LogP contribution is -2.22. The number of pyridine rings is 2. The Kier molecular flexibility index (Phi) is 9.66. The Morgan fingerprint density at radius 2 is 1.00 bits per heavy atom. The number of ether oxygens (including phenoxy) is 2. The number of benzene rings is 4. The monoisotopic (exact) mass is 646 g/mol. The number of amides is 2. The van der Waals surface area contributed by atoms with Gasteiger partial charge in [0, 0.05) is 57.2 Å². The third-order valence-corrected chi connectivity index (χ3v) is 9.88. The van der Waals surface area contributed by atoms with Crippen LogP contribution in [0.4, 0.5) is 0 Å². The van der Waals surface area contributed by atoms with Gasteiger partial charge in [-0.3, -0.25) is 19.6 Å². The van der Waals surface area contributed by atoms with E-state index < -0.39 is 0 Å². The highest BCUT2D eigenvalue weighted by molar-refractivity contribution is 8.76. The molecule has 2 aromatic heterocycles. The van der Waals surface area contributed by atoms with Crippen LogP contribution in [0.3, 0.4) is 0 Å². The number of fused-ring (bicyclic) bond motifs is 2. The van der Waals surface area contributed by atoms with Crippen LogP contribution < -0.4 is 20.1 Å². The maximum absolute atomic E-state index is 12.8. The number of nitrogens with one attached hydrogen (secondary N) is 2. The number of methoxy groups -OCH3 is 2. The van der Waals surface area contributed by atoms with Gasteiger partial charge in [-0.05, 0) is 83.9 Å². The summed E-state index contributed by atoms with van der Waals surface area (Å²) in [5.74, 6) is 1.09. The van der Waals surface area contributed by atoms with Gasteiger partial charge >= 0.3 is 0 Å². The van der Waals surface area contributed by atoms with Gasteiger partial charge in [0.2, 0.25) is 0 Å². The van der Waals surface area contributed by atoms with Gasteiger partial charge in [0.1, 0.15) is 11.5 Å². The van der Waals surface area contributed by atoms with Crippen molar-refractivity contribution in [3.05, 3.63) is 132 Å². The lowest BCUT2D eigenvalue weighted by atomic mass is 10.1. The topological polar surface area (TPSA) is 102 Å². The average molecular weight is 647 g/mol. The van der Waals surface area contributed by atoms with Crippen molar-refractivity contribution in [2.75, 3.05) is 14.2 Å². The molecule has 0 bridgehead atoms. The Balaban J connectivity index is 1.15. The molecular formula is C36H30N4O4S2. The van der Waals surface area contributed by atoms with Crippen LogP contribution in [-0.2, 0) is 13.1 Å². The van der Waals surface area contributed by atoms with Crippen molar-refractivity contribution in [2.24, 2.45) is 0 Å². The van der Waals surface area contributed by atoms with Gasteiger partial charge in [-0.1, -0.05) is 45.9 Å². The molecule has 46 heavy (non-hydrogen) atoms. The van der Waals surface area contributed by atoms with Crippen LogP contribution in [0.1, 0.15) is 31.8 Å². The van der Waals surface area contributed by atoms with Gasteiger partial charge in [0.15, 0.2) is 0 Å². The summed E-state index contributed by atoms with van der Waals surface area (Å²) in [6.07, 6.45) is 3.56. The summed E-state index contributed by atoms with van der Waals surface area (Å²) in [4.78, 5) is 36.9. The minimum Gasteiger partial charge on any atom is -0.497 e. The van der Waals surface area contributed by atoms with E-state index in [0.717, 1.165) is 42.7 Å². The van der Waals surface area contributed by atoms with Gasteiger partial charge < -0.3 is 20.1 Å². The predicted octanol–water partition coefficient (Wildman–Crippen LogP) is 7.46. The Labute approximate surface area is 274 Å². The molecular weight excluding hydrogens is 617 g/mol. The molecule has 0 spiro atoms. The van der Waals surface area contributed by atoms with Gasteiger partial charge in [-0.25, -0.2) is 0 Å². The van der Waals surface area contributed by atoms with E-state index in [2.05, 4.69) is 20.6 Å². The second kappa shape index (κ2) is 14.4. The van der Waals surface area contributed by atoms with Crippen LogP contribution in [-0.4, -0.2) is 36.0 Å². The number of hydrogen-bond donors (Lipinski definition) is 2. The highest BCUT2D eigenvalue weighted by Gasteiger charge is 2.14. The van der Waals surface area contributed by atoms with Crippen molar-refractivity contribution in [3.8, 4) is 11.5 Å². The van der Waals surface area contributed by atoms with Crippen molar-refractivity contribution in [3.63, 3.8) is 0 Å². The van der Waals surface area contributed by atoms with Crippen molar-refractivity contribution in [1.29, 1.82) is 0 Å². The van der Waals surface area contributed by atoms with Crippen LogP contribution in [0.25, 0.3) is 21.8 Å². The predicted molar refractivity (Wildman–Crippen MR) is 184 cm³/mol. The largest absolute Gasteiger partial charge is 0.497 e. The van der Waals surface area contributed by atoms with E-state index >= 15 is 0 Å². The lowest BCUT2D eigenvalue weighted by Gasteiger charge is -2.13. The van der Waals surface area contributed by atoms with E-state index in [0.29, 0.717) is 35.7 Å². The molecule has 0 aliphatic heterocycles. The summed E-state index contributed by atoms with van der Waals surface area (Å²) >= 11 is 0. The Morgan fingerprint density at radius 3 is 1.39 bits per heavy atom. The zero-order chi connectivity index (χ0) is 31.9. The molecule has 230 valence electrons. The molecule has 0 saturated carbocycles. The van der Waals surface area contributed by atoms with E-state index in [4.69, 9.17) is 9.47 Å². The first-order valence-corrected chi connectivity index (χ1v) is 16.6. The molecule has 10 heteroatoms. The molecule has 4 aromatic carbocycles. The fourth-order valence-electron chi connectivity index (χ4n) is 4.98. The number of nitrogens with zero attached hydrogens (tertiary/aromatic N) is 2. The van der Waals surface area contributed by atoms with E-state index in [1.807, 2.05) is 48.5 Å². The van der Waals surface area contributed by atoms with E-state index in [-0.39, 0.29) is 11.8 Å². The zero-order valence-corrected chi connectivity index (χ0v) is 26.8. The van der Waals surface area contributed by atoms with Crippen LogP contribution in [0.2, 0.25) is 0 Å². The molecule has 0 aliphatic rings. The van der Waals surface area contributed by atoms with Crippen LogP contribution in [0, 0.1) is 0 Å². The molecule has 6 rings (SSSR count). The van der Waals surface area contributed by atoms with E-state index in [1.165, 1.54) is 0 Å². The fraction of sp³-hybridized carbons (Fsp3) is 0.111. The normalized spacial score (nSPS) is 10.9. The minimum atomic E-state index is -0.156. The summed E-state index contributed by atoms with van der Waals surface area (Å²) < 4.78 is 10.4. The molecule has 2 N–H and O–H groups in total. The lowest BCUT2D eigenvalue weighted by molar-refractivity contribution is 0.0943. The van der Waals surface area contributed by atoms with Crippen LogP contribution >= 0.6 is 21.6 Å². The third kappa shape index (κ3) is 6.93. The smallest absolute Gasteiger partial charge is 0.251 e. The van der Waals surface area contributed by atoms with E-state index in [9.17, 15) is 9.59 Å². The molecule has 0 radical (unpaired) electrons. The number of carbonyl (C=O) groups excluding carboxylic acids is 2. The van der Waals surface area contributed by atoms with E-state index in [1.54, 1.807) is 96.7 Å². The summed E-state index contributed by atoms with van der Waals surface area (Å²) in [6.45, 7) is 0.742. The summed E-state index contributed by atoms with van der Waals surface area (Å²) in [5.41, 5.74) is 4.83. The SMILES string of the molecule is COc1ccc(C(=O)NCc2ccc(SSc3ccc(CNC(=O)c4ccc(OC)cc4)c4cccnc34)c3ncccc23)cc1. The maximum Gasteiger partial charge on any atom is 0.251 e. The van der Waals surface area contributed by atoms with Crippen LogP contribution in [0.15, 0.2) is 119 Å². The quantitative estimate of drug-likeness (QED) is 0.140. The standard InChI is InChI=1S/C36H30N4O4S2/c1-43-27-13-7-23(8-14-27)35(41)39-21-25-11-17-31(33-29(25)5-3-19-37-33)45-46-32-18-12-26(30-6-4-20-38-34(30)32)22-40-36(42)24-9-15-28(44-2)16-10-24/h3-20H,21-22H2,1-2H3,(H,39,41)(H,40,42). The molecule has 0 fully saturated rings. The highest BCUT2D eigenvalue weighted by atomic mass is 33.1. The Morgan fingerprint density at radius 1 is 0.587 bits per heavy atom. The van der Waals surface area contributed by atoms with Crippen LogP contribution in [0.5, 0.6) is 11.5 Å². The van der Waals surface area contributed by atoms with Gasteiger partial charge in [-0.2, -0.15) is 0 Å². The first-order chi connectivity index (χ1) is 22.5. The molecule has 2 heterocycles. The van der Waals surface area contributed by atoms with Crippen molar-refractivity contribution in [1.82, 2.24) is 20.6 Å². The molecule has 6 aromatic rings. The Hall–Kier alpha value is -5.06. The second-order valence-corrected chi connectivity index (χ2v) is 12.4. The molecule has 0 aliphatic carbocycles. The first-order valence-electron chi connectivity index (χ1n) is 14.5. The van der Waals surface area contributed by atoms with Crippen molar-refractivity contribution in [2.45, 2.75) is 22.9 Å². The Bertz CT molecular complexity index is 1870. The average Bonchev–Trinajstić information content (AvgIpc) is 3.12. The molecule has 2 amide bonds. The number of rotatable bonds is 11. The number of hydrogen-bond acceptors (Lipinski definition) is 8. The maximum atomic E-state index is 12.8. The van der Waals surface area contributed by atoms with Crippen molar-refractivity contribution >= 4 is 55.2 Å². The van der Waals surface area contributed by atoms with Gasteiger partial charge in [0.25, 0.3) is 11.8 Å². The minimum absolute atomic E-state index is 0.156. The highest BCUT2D eigenvalue weighted by Crippen LogP contribution is 2.43. The first kappa shape index (κ1) is 30.9.